The number of nitrogens with zero attached hydrogens (tertiary/aromatic N) is 2. The molecule has 4 nitrogen and oxygen atoms in total. The van der Waals surface area contributed by atoms with Crippen LogP contribution in [-0.2, 0) is 13.1 Å². The summed E-state index contributed by atoms with van der Waals surface area (Å²) in [6.45, 7) is 4.34. The van der Waals surface area contributed by atoms with E-state index in [1.165, 1.54) is 10.4 Å². The Kier molecular flexibility index (Phi) is 4.13. The van der Waals surface area contributed by atoms with Crippen molar-refractivity contribution in [1.29, 1.82) is 0 Å². The monoisotopic (exact) mass is 299 g/mol. The highest BCUT2D eigenvalue weighted by molar-refractivity contribution is 7.10. The van der Waals surface area contributed by atoms with Gasteiger partial charge < -0.3 is 5.32 Å². The number of thiophene rings is 1. The van der Waals surface area contributed by atoms with Gasteiger partial charge in [-0.25, -0.2) is 4.98 Å². The molecule has 2 aromatic heterocycles. The smallest absolute Gasteiger partial charge is 0.261 e. The number of para-hydroxylation sites is 1. The molecule has 0 saturated carbocycles. The van der Waals surface area contributed by atoms with Crippen molar-refractivity contribution in [2.45, 2.75) is 20.0 Å². The Bertz CT molecular complexity index is 806. The Morgan fingerprint density at radius 3 is 2.95 bits per heavy atom. The number of hydrogen-bond acceptors (Lipinski definition) is 4. The lowest BCUT2D eigenvalue weighted by molar-refractivity contribution is 0.584. The van der Waals surface area contributed by atoms with E-state index in [1.54, 1.807) is 22.2 Å². The van der Waals surface area contributed by atoms with E-state index in [1.807, 2.05) is 24.3 Å². The van der Waals surface area contributed by atoms with E-state index in [4.69, 9.17) is 0 Å². The predicted molar refractivity (Wildman–Crippen MR) is 86.8 cm³/mol. The first-order valence-electron chi connectivity index (χ1n) is 6.93. The third kappa shape index (κ3) is 3.04. The van der Waals surface area contributed by atoms with Gasteiger partial charge in [-0.1, -0.05) is 12.1 Å². The molecule has 0 radical (unpaired) electrons. The molecular weight excluding hydrogens is 282 g/mol. The summed E-state index contributed by atoms with van der Waals surface area (Å²) >= 11 is 1.76. The highest BCUT2D eigenvalue weighted by Gasteiger charge is 2.03. The largest absolute Gasteiger partial charge is 0.310 e. The summed E-state index contributed by atoms with van der Waals surface area (Å²) in [6, 6.07) is 9.57. The van der Waals surface area contributed by atoms with Crippen LogP contribution < -0.4 is 10.9 Å². The van der Waals surface area contributed by atoms with E-state index in [2.05, 4.69) is 28.7 Å². The average molecular weight is 299 g/mol. The predicted octanol–water partition coefficient (Wildman–Crippen LogP) is 2.56. The number of rotatable bonds is 5. The van der Waals surface area contributed by atoms with Crippen molar-refractivity contribution in [3.63, 3.8) is 0 Å². The summed E-state index contributed by atoms with van der Waals surface area (Å²) in [4.78, 5) is 18.0. The van der Waals surface area contributed by atoms with Gasteiger partial charge in [0, 0.05) is 24.5 Å². The summed E-state index contributed by atoms with van der Waals surface area (Å²) in [5, 5.41) is 6.15. The zero-order chi connectivity index (χ0) is 14.7. The van der Waals surface area contributed by atoms with Crippen LogP contribution in [0.5, 0.6) is 0 Å². The van der Waals surface area contributed by atoms with Gasteiger partial charge >= 0.3 is 0 Å². The van der Waals surface area contributed by atoms with Crippen molar-refractivity contribution >= 4 is 22.2 Å². The molecule has 0 fully saturated rings. The Morgan fingerprint density at radius 2 is 2.14 bits per heavy atom. The van der Waals surface area contributed by atoms with Gasteiger partial charge in [-0.2, -0.15) is 0 Å². The number of benzene rings is 1. The molecule has 0 bridgehead atoms. The van der Waals surface area contributed by atoms with Gasteiger partial charge in [0.2, 0.25) is 0 Å². The second kappa shape index (κ2) is 6.20. The van der Waals surface area contributed by atoms with Crippen LogP contribution in [0.15, 0.2) is 46.8 Å². The molecule has 3 aromatic rings. The van der Waals surface area contributed by atoms with Gasteiger partial charge in [-0.15, -0.1) is 11.3 Å². The van der Waals surface area contributed by atoms with Gasteiger partial charge in [0.15, 0.2) is 0 Å². The highest BCUT2D eigenvalue weighted by Crippen LogP contribution is 2.14. The second-order valence-electron chi connectivity index (χ2n) is 4.96. The first kappa shape index (κ1) is 14.0. The minimum atomic E-state index is 0.0229. The summed E-state index contributed by atoms with van der Waals surface area (Å²) in [5.74, 6) is 0. The molecule has 0 saturated heterocycles. The molecule has 0 aliphatic rings. The summed E-state index contributed by atoms with van der Waals surface area (Å²) in [5.41, 5.74) is 2.09. The van der Waals surface area contributed by atoms with Crippen LogP contribution in [0.1, 0.15) is 10.4 Å². The van der Waals surface area contributed by atoms with Gasteiger partial charge in [0.1, 0.15) is 0 Å². The number of hydrogen-bond donors (Lipinski definition) is 1. The lowest BCUT2D eigenvalue weighted by Gasteiger charge is -2.08. The Labute approximate surface area is 127 Å². The van der Waals surface area contributed by atoms with E-state index in [0.717, 1.165) is 18.6 Å². The molecule has 3 rings (SSSR count). The van der Waals surface area contributed by atoms with Crippen molar-refractivity contribution < 1.29 is 0 Å². The van der Waals surface area contributed by atoms with E-state index in [0.29, 0.717) is 11.9 Å². The van der Waals surface area contributed by atoms with E-state index < -0.39 is 0 Å². The van der Waals surface area contributed by atoms with E-state index >= 15 is 0 Å². The fourth-order valence-corrected chi connectivity index (χ4v) is 3.13. The maximum atomic E-state index is 12.3. The molecule has 0 unspecified atom stereocenters. The van der Waals surface area contributed by atoms with Crippen molar-refractivity contribution in [3.8, 4) is 0 Å². The Morgan fingerprint density at radius 1 is 1.29 bits per heavy atom. The third-order valence-electron chi connectivity index (χ3n) is 3.51. The van der Waals surface area contributed by atoms with Gasteiger partial charge in [0.05, 0.1) is 17.2 Å². The Balaban J connectivity index is 1.64. The molecule has 0 atom stereocenters. The molecule has 0 aliphatic heterocycles. The topological polar surface area (TPSA) is 46.9 Å². The normalized spacial score (nSPS) is 11.1. The number of fused-ring (bicyclic) bond motifs is 1. The molecule has 0 amide bonds. The van der Waals surface area contributed by atoms with Gasteiger partial charge in [0.25, 0.3) is 5.56 Å². The van der Waals surface area contributed by atoms with Gasteiger partial charge in [-0.05, 0) is 36.1 Å². The summed E-state index contributed by atoms with van der Waals surface area (Å²) in [6.07, 6.45) is 1.63. The van der Waals surface area contributed by atoms with Crippen LogP contribution in [0.2, 0.25) is 0 Å². The molecule has 1 N–H and O–H groups in total. The first-order chi connectivity index (χ1) is 10.3. The van der Waals surface area contributed by atoms with Crippen molar-refractivity contribution in [2.75, 3.05) is 6.54 Å². The molecular formula is C16H17N3OS. The molecule has 0 aliphatic carbocycles. The van der Waals surface area contributed by atoms with Crippen LogP contribution in [0.4, 0.5) is 0 Å². The fourth-order valence-electron chi connectivity index (χ4n) is 2.25. The second-order valence-corrected chi connectivity index (χ2v) is 5.96. The lowest BCUT2D eigenvalue weighted by atomic mass is 10.2. The standard InChI is InChI=1S/C16H17N3OS/c1-12-6-9-21-15(12)10-17-7-8-19-11-18-14-5-3-2-4-13(14)16(19)20/h2-6,9,11,17H,7-8,10H2,1H3. The minimum Gasteiger partial charge on any atom is -0.310 e. The number of aryl methyl sites for hydroxylation is 1. The van der Waals surface area contributed by atoms with Crippen LogP contribution in [0.25, 0.3) is 10.9 Å². The highest BCUT2D eigenvalue weighted by atomic mass is 32.1. The molecule has 2 heterocycles. The molecule has 0 spiro atoms. The third-order valence-corrected chi connectivity index (χ3v) is 4.54. The van der Waals surface area contributed by atoms with E-state index in [-0.39, 0.29) is 5.56 Å². The van der Waals surface area contributed by atoms with Crippen molar-refractivity contribution in [3.05, 3.63) is 62.8 Å². The quantitative estimate of drug-likeness (QED) is 0.737. The van der Waals surface area contributed by atoms with Crippen molar-refractivity contribution in [2.24, 2.45) is 0 Å². The van der Waals surface area contributed by atoms with Crippen LogP contribution in [-0.4, -0.2) is 16.1 Å². The van der Waals surface area contributed by atoms with Gasteiger partial charge in [-0.3, -0.25) is 9.36 Å². The van der Waals surface area contributed by atoms with Crippen LogP contribution >= 0.6 is 11.3 Å². The van der Waals surface area contributed by atoms with Crippen LogP contribution in [0.3, 0.4) is 0 Å². The first-order valence-corrected chi connectivity index (χ1v) is 7.81. The summed E-state index contributed by atoms with van der Waals surface area (Å²) in [7, 11) is 0. The maximum absolute atomic E-state index is 12.3. The molecule has 108 valence electrons. The zero-order valence-corrected chi connectivity index (χ0v) is 12.7. The maximum Gasteiger partial charge on any atom is 0.261 e. The Hall–Kier alpha value is -1.98. The molecule has 1 aromatic carbocycles. The minimum absolute atomic E-state index is 0.0229. The van der Waals surface area contributed by atoms with E-state index in [9.17, 15) is 4.79 Å². The zero-order valence-electron chi connectivity index (χ0n) is 11.9. The van der Waals surface area contributed by atoms with Crippen molar-refractivity contribution in [1.82, 2.24) is 14.9 Å². The number of aromatic nitrogens is 2. The lowest BCUT2D eigenvalue weighted by Crippen LogP contribution is -2.27. The molecule has 5 heteroatoms. The SMILES string of the molecule is Cc1ccsc1CNCCn1cnc2ccccc2c1=O. The fraction of sp³-hybridized carbons (Fsp3) is 0.250. The summed E-state index contributed by atoms with van der Waals surface area (Å²) < 4.78 is 1.66. The number of nitrogens with one attached hydrogen (secondary N) is 1. The van der Waals surface area contributed by atoms with Crippen LogP contribution in [0, 0.1) is 6.92 Å². The molecule has 21 heavy (non-hydrogen) atoms. The average Bonchev–Trinajstić information content (AvgIpc) is 2.91.